The van der Waals surface area contributed by atoms with Crippen molar-refractivity contribution in [3.05, 3.63) is 218 Å². The summed E-state index contributed by atoms with van der Waals surface area (Å²) in [6, 6.07) is 80.3. The number of hydrogen-bond acceptors (Lipinski definition) is 2. The summed E-state index contributed by atoms with van der Waals surface area (Å²) in [6.07, 6.45) is 0. The molecule has 0 amide bonds. The van der Waals surface area contributed by atoms with Gasteiger partial charge in [0.25, 0.3) is 0 Å². The zero-order valence-corrected chi connectivity index (χ0v) is 37.7. The van der Waals surface area contributed by atoms with Crippen molar-refractivity contribution in [1.29, 1.82) is 0 Å². The zero-order chi connectivity index (χ0) is 43.7. The van der Waals surface area contributed by atoms with Crippen LogP contribution >= 0.6 is 0 Å². The summed E-state index contributed by atoms with van der Waals surface area (Å²) in [6.45, 7) is 0. The first-order valence-electron chi connectivity index (χ1n) is 22.9. The summed E-state index contributed by atoms with van der Waals surface area (Å²) in [5.74, 6) is 0. The molecular formula is C64H36O2Se. The number of benzene rings is 12. The summed E-state index contributed by atoms with van der Waals surface area (Å²) in [5.41, 5.74) is 13.6. The second-order valence-corrected chi connectivity index (χ2v) is 20.1. The molecule has 310 valence electrons. The van der Waals surface area contributed by atoms with Gasteiger partial charge in [0.2, 0.25) is 0 Å². The van der Waals surface area contributed by atoms with Crippen LogP contribution in [0, 0.1) is 0 Å². The Kier molecular flexibility index (Phi) is 7.83. The predicted molar refractivity (Wildman–Crippen MR) is 285 cm³/mol. The first kappa shape index (κ1) is 37.1. The van der Waals surface area contributed by atoms with E-state index >= 15 is 0 Å². The molecule has 3 heterocycles. The van der Waals surface area contributed by atoms with E-state index in [2.05, 4.69) is 206 Å². The average molecular weight is 916 g/mol. The summed E-state index contributed by atoms with van der Waals surface area (Å²) < 4.78 is 15.7. The molecule has 3 heteroatoms. The molecular weight excluding hydrogens is 880 g/mol. The molecule has 0 aliphatic carbocycles. The molecule has 0 radical (unpaired) electrons. The van der Waals surface area contributed by atoms with Gasteiger partial charge in [0.05, 0.1) is 0 Å². The van der Waals surface area contributed by atoms with Crippen LogP contribution in [0.4, 0.5) is 0 Å². The molecule has 12 aromatic carbocycles. The van der Waals surface area contributed by atoms with E-state index in [1.165, 1.54) is 95.8 Å². The first-order valence-corrected chi connectivity index (χ1v) is 24.6. The molecule has 0 fully saturated rings. The fraction of sp³-hybridized carbons (Fsp3) is 0. The van der Waals surface area contributed by atoms with Crippen molar-refractivity contribution in [1.82, 2.24) is 0 Å². The molecule has 2 nitrogen and oxygen atoms in total. The summed E-state index contributed by atoms with van der Waals surface area (Å²) in [7, 11) is 0. The third-order valence-corrected chi connectivity index (χ3v) is 16.6. The number of rotatable bonds is 4. The zero-order valence-electron chi connectivity index (χ0n) is 36.0. The van der Waals surface area contributed by atoms with Gasteiger partial charge in [-0.15, -0.1) is 0 Å². The van der Waals surface area contributed by atoms with Crippen molar-refractivity contribution in [2.24, 2.45) is 0 Å². The van der Waals surface area contributed by atoms with Crippen LogP contribution in [-0.2, 0) is 0 Å². The van der Waals surface area contributed by atoms with E-state index in [4.69, 9.17) is 8.83 Å². The van der Waals surface area contributed by atoms with Gasteiger partial charge >= 0.3 is 344 Å². The van der Waals surface area contributed by atoms with E-state index in [1.807, 2.05) is 12.1 Å². The molecule has 0 aliphatic heterocycles. The maximum atomic E-state index is 6.44. The summed E-state index contributed by atoms with van der Waals surface area (Å²) in [4.78, 5) is 0. The third kappa shape index (κ3) is 5.39. The van der Waals surface area contributed by atoms with Gasteiger partial charge in [-0.1, -0.05) is 36.4 Å². The minimum atomic E-state index is 0.123. The Hall–Kier alpha value is -8.20. The van der Waals surface area contributed by atoms with E-state index in [0.717, 1.165) is 55.0 Å². The van der Waals surface area contributed by atoms with Crippen LogP contribution in [0.3, 0.4) is 0 Å². The summed E-state index contributed by atoms with van der Waals surface area (Å²) in [5, 5.41) is 17.3. The minimum absolute atomic E-state index is 0.123. The Bertz CT molecular complexity index is 4470. The Morgan fingerprint density at radius 1 is 0.239 bits per heavy atom. The van der Waals surface area contributed by atoms with Crippen molar-refractivity contribution >= 4 is 121 Å². The van der Waals surface area contributed by atoms with Gasteiger partial charge < -0.3 is 0 Å². The molecule has 0 N–H and O–H groups in total. The number of fused-ring (bicyclic) bond motifs is 13. The second-order valence-electron chi connectivity index (χ2n) is 17.8. The van der Waals surface area contributed by atoms with Crippen LogP contribution in [0.25, 0.3) is 151 Å². The van der Waals surface area contributed by atoms with Crippen LogP contribution in [0.15, 0.2) is 227 Å². The van der Waals surface area contributed by atoms with Gasteiger partial charge in [0.1, 0.15) is 0 Å². The molecule has 15 aromatic rings. The molecule has 0 saturated heterocycles. The normalized spacial score (nSPS) is 12.2. The monoisotopic (exact) mass is 916 g/mol. The second kappa shape index (κ2) is 14.1. The van der Waals surface area contributed by atoms with E-state index in [9.17, 15) is 0 Å². The van der Waals surface area contributed by atoms with Gasteiger partial charge in [0.15, 0.2) is 0 Å². The SMILES string of the molecule is c1ccc2c(c1)oc1cc(-c3c4ccccc4c(-c4ccc5c(c4)[se]c4cccc(-c6c7ccccc7c(-c7ccc8c(c7)oc7ccccc78)c7ccccc67)c45)c4ccccc34)ccc12. The fourth-order valence-electron chi connectivity index (χ4n) is 11.4. The Labute approximate surface area is 390 Å². The average Bonchev–Trinajstić information content (AvgIpc) is 4.07. The fourth-order valence-corrected chi connectivity index (χ4v) is 13.9. The van der Waals surface area contributed by atoms with Crippen LogP contribution in [0.2, 0.25) is 0 Å². The molecule has 0 unspecified atom stereocenters. The topological polar surface area (TPSA) is 26.3 Å². The van der Waals surface area contributed by atoms with Gasteiger partial charge in [-0.2, -0.15) is 0 Å². The van der Waals surface area contributed by atoms with Crippen molar-refractivity contribution in [3.63, 3.8) is 0 Å². The molecule has 15 rings (SSSR count). The van der Waals surface area contributed by atoms with Crippen LogP contribution in [0.5, 0.6) is 0 Å². The van der Waals surface area contributed by atoms with E-state index in [0.29, 0.717) is 0 Å². The Morgan fingerprint density at radius 2 is 0.597 bits per heavy atom. The predicted octanol–water partition coefficient (Wildman–Crippen LogP) is 18.1. The molecule has 0 saturated carbocycles. The van der Waals surface area contributed by atoms with Gasteiger partial charge in [-0.25, -0.2) is 0 Å². The van der Waals surface area contributed by atoms with Gasteiger partial charge in [-0.05, 0) is 12.1 Å². The Morgan fingerprint density at radius 3 is 1.04 bits per heavy atom. The third-order valence-electron chi connectivity index (χ3n) is 14.3. The number of furan rings is 2. The molecule has 0 aliphatic rings. The first-order chi connectivity index (χ1) is 33.2. The molecule has 67 heavy (non-hydrogen) atoms. The van der Waals surface area contributed by atoms with Crippen molar-refractivity contribution < 1.29 is 8.83 Å². The Balaban J connectivity index is 0.928. The van der Waals surface area contributed by atoms with Crippen LogP contribution < -0.4 is 0 Å². The standard InChI is InChI=1S/C64H36O2Se/c1-3-18-46-44(16-1)60(37-28-31-42-40-14-9-11-25-54(40)65-56(42)34-37)45-17-2-4-19-47(45)62(46)39-30-33-52-59(36-39)67-58-27-13-24-53(64(52)58)63-50-22-7-5-20-48(50)61(49-21-6-8-23-51(49)63)38-29-32-43-41-15-10-12-26-55(41)66-57(43)35-38/h1-36H. The molecule has 0 spiro atoms. The quantitative estimate of drug-likeness (QED) is 0.130. The molecule has 3 aromatic heterocycles. The maximum absolute atomic E-state index is 6.44. The van der Waals surface area contributed by atoms with E-state index in [1.54, 1.807) is 0 Å². The molecule has 0 bridgehead atoms. The van der Waals surface area contributed by atoms with Gasteiger partial charge in [0, 0.05) is 0 Å². The summed E-state index contributed by atoms with van der Waals surface area (Å²) >= 11 is 0.123. The van der Waals surface area contributed by atoms with Crippen LogP contribution in [-0.4, -0.2) is 14.5 Å². The van der Waals surface area contributed by atoms with Crippen molar-refractivity contribution in [2.45, 2.75) is 0 Å². The number of hydrogen-bond donors (Lipinski definition) is 0. The van der Waals surface area contributed by atoms with Crippen molar-refractivity contribution in [3.8, 4) is 44.5 Å². The van der Waals surface area contributed by atoms with E-state index in [-0.39, 0.29) is 14.5 Å². The van der Waals surface area contributed by atoms with E-state index < -0.39 is 0 Å². The number of para-hydroxylation sites is 2. The van der Waals surface area contributed by atoms with Gasteiger partial charge in [-0.3, -0.25) is 0 Å². The van der Waals surface area contributed by atoms with Crippen LogP contribution in [0.1, 0.15) is 0 Å². The van der Waals surface area contributed by atoms with Crippen molar-refractivity contribution in [2.75, 3.05) is 0 Å². The molecule has 0 atom stereocenters.